The highest BCUT2D eigenvalue weighted by atomic mass is 19.1. The molecule has 0 aliphatic heterocycles. The van der Waals surface area contributed by atoms with Crippen LogP contribution in [0.3, 0.4) is 0 Å². The number of imide groups is 1. The number of hydrogen-bond acceptors (Lipinski definition) is 4. The summed E-state index contributed by atoms with van der Waals surface area (Å²) in [6.45, 7) is 3.36. The Morgan fingerprint density at radius 2 is 2.00 bits per heavy atom. The topological polar surface area (TPSA) is 88.1 Å². The predicted octanol–water partition coefficient (Wildman–Crippen LogP) is 1.58. The fraction of sp³-hybridized carbons (Fsp3) is 0.267. The van der Waals surface area contributed by atoms with Crippen LogP contribution >= 0.6 is 0 Å². The lowest BCUT2D eigenvalue weighted by atomic mass is 10.2. The number of carbonyl (C=O) groups is 2. The number of nitrogens with zero attached hydrogens (tertiary/aromatic N) is 2. The van der Waals surface area contributed by atoms with Gasteiger partial charge in [0.1, 0.15) is 17.5 Å². The number of carbonyl (C=O) groups excluding carboxylic acids is 2. The Morgan fingerprint density at radius 3 is 2.65 bits per heavy atom. The highest BCUT2D eigenvalue weighted by Gasteiger charge is 2.18. The maximum Gasteiger partial charge on any atom is 0.321 e. The summed E-state index contributed by atoms with van der Waals surface area (Å²) >= 11 is 0. The van der Waals surface area contributed by atoms with Crippen LogP contribution in [0.25, 0.3) is 5.69 Å². The number of aromatic nitrogens is 2. The van der Waals surface area contributed by atoms with Gasteiger partial charge in [-0.3, -0.25) is 10.1 Å². The molecule has 2 aromatic rings. The van der Waals surface area contributed by atoms with Crippen molar-refractivity contribution < 1.29 is 14.0 Å². The summed E-state index contributed by atoms with van der Waals surface area (Å²) < 4.78 is 15.3. The minimum Gasteiger partial charge on any atom is -0.371 e. The molecule has 7 nitrogen and oxygen atoms in total. The molecular formula is C15H18FN5O2. The first-order chi connectivity index (χ1) is 10.9. The molecule has 2 rings (SSSR count). The lowest BCUT2D eigenvalue weighted by Gasteiger charge is -2.14. The van der Waals surface area contributed by atoms with E-state index in [1.54, 1.807) is 32.0 Å². The summed E-state index contributed by atoms with van der Waals surface area (Å²) in [5.74, 6) is -0.877. The summed E-state index contributed by atoms with van der Waals surface area (Å²) in [5.41, 5.74) is 1.54. The first-order valence-corrected chi connectivity index (χ1v) is 7.02. The zero-order chi connectivity index (χ0) is 17.0. The Hall–Kier alpha value is -2.90. The SMILES string of the molecule is CNC(=O)NC(=O)[C@@H](C)Nc1cnn(-c2ccccc2F)c1C. The van der Waals surface area contributed by atoms with Gasteiger partial charge >= 0.3 is 6.03 Å². The molecule has 1 aromatic carbocycles. The summed E-state index contributed by atoms with van der Waals surface area (Å²) in [4.78, 5) is 23.0. The van der Waals surface area contributed by atoms with Crippen molar-refractivity contribution in [3.8, 4) is 5.69 Å². The van der Waals surface area contributed by atoms with Crippen molar-refractivity contribution >= 4 is 17.6 Å². The van der Waals surface area contributed by atoms with Gasteiger partial charge in [-0.05, 0) is 26.0 Å². The number of urea groups is 1. The van der Waals surface area contributed by atoms with Crippen LogP contribution in [0.4, 0.5) is 14.9 Å². The second-order valence-electron chi connectivity index (χ2n) is 4.94. The average molecular weight is 319 g/mol. The van der Waals surface area contributed by atoms with Crippen LogP contribution < -0.4 is 16.0 Å². The standard InChI is InChI=1S/C15H18FN5O2/c1-9(14(22)20-15(23)17-3)19-12-8-18-21(10(12)2)13-7-5-4-6-11(13)16/h4-9,19H,1-3H3,(H2,17,20,22,23)/t9-/m1/s1. The minimum absolute atomic E-state index is 0.320. The zero-order valence-electron chi connectivity index (χ0n) is 13.1. The van der Waals surface area contributed by atoms with Crippen LogP contribution in [0, 0.1) is 12.7 Å². The Bertz CT molecular complexity index is 728. The molecule has 1 heterocycles. The van der Waals surface area contributed by atoms with E-state index in [4.69, 9.17) is 0 Å². The maximum atomic E-state index is 13.8. The van der Waals surface area contributed by atoms with Crippen molar-refractivity contribution in [2.75, 3.05) is 12.4 Å². The molecule has 0 aliphatic carbocycles. The van der Waals surface area contributed by atoms with E-state index >= 15 is 0 Å². The normalized spacial score (nSPS) is 11.7. The molecule has 0 saturated carbocycles. The summed E-state index contributed by atoms with van der Waals surface area (Å²) in [6.07, 6.45) is 1.51. The van der Waals surface area contributed by atoms with Crippen LogP contribution in [-0.4, -0.2) is 34.8 Å². The number of para-hydroxylation sites is 1. The number of benzene rings is 1. The van der Waals surface area contributed by atoms with Gasteiger partial charge in [0.15, 0.2) is 0 Å². The predicted molar refractivity (Wildman–Crippen MR) is 83.9 cm³/mol. The van der Waals surface area contributed by atoms with E-state index in [2.05, 4.69) is 21.0 Å². The van der Waals surface area contributed by atoms with E-state index in [1.807, 2.05) is 0 Å². The molecular weight excluding hydrogens is 301 g/mol. The summed E-state index contributed by atoms with van der Waals surface area (Å²) in [6, 6.07) is 5.03. The van der Waals surface area contributed by atoms with Gasteiger partial charge in [-0.15, -0.1) is 0 Å². The third-order valence-electron chi connectivity index (χ3n) is 3.32. The van der Waals surface area contributed by atoms with Gasteiger partial charge in [0.05, 0.1) is 17.6 Å². The fourth-order valence-corrected chi connectivity index (χ4v) is 2.00. The molecule has 0 spiro atoms. The first-order valence-electron chi connectivity index (χ1n) is 7.02. The van der Waals surface area contributed by atoms with Crippen LogP contribution in [0.5, 0.6) is 0 Å². The summed E-state index contributed by atoms with van der Waals surface area (Å²) in [7, 11) is 1.42. The second kappa shape index (κ2) is 6.91. The largest absolute Gasteiger partial charge is 0.371 e. The van der Waals surface area contributed by atoms with Crippen molar-refractivity contribution in [1.29, 1.82) is 0 Å². The molecule has 23 heavy (non-hydrogen) atoms. The van der Waals surface area contributed by atoms with Gasteiger partial charge in [-0.2, -0.15) is 5.10 Å². The number of rotatable bonds is 4. The fourth-order valence-electron chi connectivity index (χ4n) is 2.00. The second-order valence-corrected chi connectivity index (χ2v) is 4.94. The number of anilines is 1. The molecule has 8 heteroatoms. The quantitative estimate of drug-likeness (QED) is 0.798. The van der Waals surface area contributed by atoms with Crippen LogP contribution in [-0.2, 0) is 4.79 Å². The van der Waals surface area contributed by atoms with Crippen LogP contribution in [0.15, 0.2) is 30.5 Å². The monoisotopic (exact) mass is 319 g/mol. The molecule has 0 radical (unpaired) electrons. The Labute approximate surface area is 132 Å². The van der Waals surface area contributed by atoms with Crippen LogP contribution in [0.2, 0.25) is 0 Å². The number of nitrogens with one attached hydrogen (secondary N) is 3. The van der Waals surface area contributed by atoms with Gasteiger partial charge in [0.2, 0.25) is 5.91 Å². The van der Waals surface area contributed by atoms with Gasteiger partial charge in [0.25, 0.3) is 0 Å². The maximum absolute atomic E-state index is 13.8. The van der Waals surface area contributed by atoms with E-state index in [0.29, 0.717) is 17.1 Å². The molecule has 0 bridgehead atoms. The van der Waals surface area contributed by atoms with E-state index in [0.717, 1.165) is 0 Å². The van der Waals surface area contributed by atoms with Gasteiger partial charge in [-0.1, -0.05) is 12.1 Å². The Morgan fingerprint density at radius 1 is 1.30 bits per heavy atom. The van der Waals surface area contributed by atoms with Gasteiger partial charge < -0.3 is 10.6 Å². The molecule has 1 atom stereocenters. The lowest BCUT2D eigenvalue weighted by molar-refractivity contribution is -0.120. The molecule has 1 aromatic heterocycles. The first kappa shape index (κ1) is 16.5. The van der Waals surface area contributed by atoms with Crippen molar-refractivity contribution in [1.82, 2.24) is 20.4 Å². The number of halogens is 1. The zero-order valence-corrected chi connectivity index (χ0v) is 13.1. The number of hydrogen-bond donors (Lipinski definition) is 3. The summed E-state index contributed by atoms with van der Waals surface area (Å²) in [5, 5.41) is 11.6. The molecule has 0 fully saturated rings. The smallest absolute Gasteiger partial charge is 0.321 e. The van der Waals surface area contributed by atoms with Crippen molar-refractivity contribution in [2.24, 2.45) is 0 Å². The van der Waals surface area contributed by atoms with Crippen LogP contribution in [0.1, 0.15) is 12.6 Å². The molecule has 3 N–H and O–H groups in total. The molecule has 3 amide bonds. The lowest BCUT2D eigenvalue weighted by Crippen LogP contribution is -2.44. The third-order valence-corrected chi connectivity index (χ3v) is 3.32. The Balaban J connectivity index is 2.15. The van der Waals surface area contributed by atoms with Crippen molar-refractivity contribution in [3.05, 3.63) is 42.0 Å². The number of amides is 3. The third kappa shape index (κ3) is 3.65. The molecule has 0 aliphatic rings. The highest BCUT2D eigenvalue weighted by Crippen LogP contribution is 2.20. The van der Waals surface area contributed by atoms with Gasteiger partial charge in [0, 0.05) is 7.05 Å². The van der Waals surface area contributed by atoms with E-state index < -0.39 is 23.8 Å². The molecule has 122 valence electrons. The molecule has 0 saturated heterocycles. The molecule has 0 unspecified atom stereocenters. The van der Waals surface area contributed by atoms with E-state index in [-0.39, 0.29) is 0 Å². The van der Waals surface area contributed by atoms with E-state index in [1.165, 1.54) is 24.0 Å². The average Bonchev–Trinajstić information content (AvgIpc) is 2.88. The Kier molecular flexibility index (Phi) is 4.95. The van der Waals surface area contributed by atoms with Crippen molar-refractivity contribution in [3.63, 3.8) is 0 Å². The minimum atomic E-state index is -0.663. The van der Waals surface area contributed by atoms with Crippen molar-refractivity contribution in [2.45, 2.75) is 19.9 Å². The van der Waals surface area contributed by atoms with E-state index in [9.17, 15) is 14.0 Å². The highest BCUT2D eigenvalue weighted by molar-refractivity contribution is 5.97. The van der Waals surface area contributed by atoms with Gasteiger partial charge in [-0.25, -0.2) is 13.9 Å².